The van der Waals surface area contributed by atoms with Crippen LogP contribution in [0.15, 0.2) is 265 Å². The van der Waals surface area contributed by atoms with Crippen molar-refractivity contribution < 1.29 is 29.9 Å². The van der Waals surface area contributed by atoms with Crippen molar-refractivity contribution in [3.05, 3.63) is 285 Å². The maximum Gasteiger partial charge on any atom is 0.268 e. The van der Waals surface area contributed by atoms with Crippen LogP contribution >= 0.6 is 0 Å². The molecule has 0 fully saturated rings. The van der Waals surface area contributed by atoms with E-state index in [-0.39, 0.29) is 26.5 Å². The zero-order chi connectivity index (χ0) is 58.8. The van der Waals surface area contributed by atoms with Crippen molar-refractivity contribution in [3.63, 3.8) is 0 Å². The zero-order valence-corrected chi connectivity index (χ0v) is 51.5. The number of rotatable bonds is 1. The fraction of sp³-hybridized carbons (Fsp3) is 0.0488. The Hall–Kier alpha value is -10.9. The largest absolute Gasteiger partial charge is 0.508 e. The van der Waals surface area contributed by atoms with Gasteiger partial charge in [-0.1, -0.05) is 208 Å². The van der Waals surface area contributed by atoms with Gasteiger partial charge in [0, 0.05) is 81.9 Å². The first kappa shape index (κ1) is 52.3. The SMILES string of the molecule is CC(C)(C)c1ccnc(-n2c3[c-]c4oc5[c-]c(ccc5)n5[c-][n+]6c7c(cccc7c7ccccc7c7ccccc7c7cccc5c76)c5cccc(c5)n5c6ccccc6c6cc(ccc65)c5cccc6c7ccccc7n(c4cc3c3ccccc32)c56)c1.[Pt]. The third-order valence-electron chi connectivity index (χ3n) is 18.7. The average Bonchev–Trinajstić information content (AvgIpc) is 1.59. The minimum atomic E-state index is -0.111. The summed E-state index contributed by atoms with van der Waals surface area (Å²) in [5.41, 5.74) is 14.1. The smallest absolute Gasteiger partial charge is 0.268 e. The van der Waals surface area contributed by atoms with Crippen LogP contribution in [0.3, 0.4) is 0 Å². The molecule has 8 heterocycles. The summed E-state index contributed by atoms with van der Waals surface area (Å²) < 4.78 is 19.2. The van der Waals surface area contributed by atoms with Gasteiger partial charge in [0.05, 0.1) is 33.1 Å². The van der Waals surface area contributed by atoms with Gasteiger partial charge in [0.1, 0.15) is 5.82 Å². The Morgan fingerprint density at radius 1 is 0.400 bits per heavy atom. The van der Waals surface area contributed by atoms with Gasteiger partial charge >= 0.3 is 0 Å². The molecule has 0 saturated carbocycles. The van der Waals surface area contributed by atoms with Crippen LogP contribution in [0.5, 0.6) is 0 Å². The van der Waals surface area contributed by atoms with Gasteiger partial charge in [-0.3, -0.25) is 4.40 Å². The molecule has 0 spiro atoms. The fourth-order valence-electron chi connectivity index (χ4n) is 14.7. The van der Waals surface area contributed by atoms with Crippen LogP contribution in [-0.4, -0.2) is 22.8 Å². The molecule has 7 nitrogen and oxygen atoms in total. The summed E-state index contributed by atoms with van der Waals surface area (Å²) in [7, 11) is 0. The molecule has 0 radical (unpaired) electrons. The van der Waals surface area contributed by atoms with E-state index in [0.717, 1.165) is 142 Å². The summed E-state index contributed by atoms with van der Waals surface area (Å²) in [6.45, 7) is 6.74. The van der Waals surface area contributed by atoms with E-state index in [0.29, 0.717) is 11.2 Å². The van der Waals surface area contributed by atoms with E-state index in [2.05, 4.69) is 310 Å². The minimum absolute atomic E-state index is 0. The van der Waals surface area contributed by atoms with Crippen LogP contribution in [0.25, 0.3) is 169 Å². The molecule has 8 heteroatoms. The molecule has 0 aliphatic carbocycles. The van der Waals surface area contributed by atoms with Crippen molar-refractivity contribution >= 4 is 164 Å². The molecule has 428 valence electrons. The van der Waals surface area contributed by atoms with Gasteiger partial charge in [-0.2, -0.15) is 12.1 Å². The first-order valence-electron chi connectivity index (χ1n) is 30.4. The maximum atomic E-state index is 7.57. The Kier molecular flexibility index (Phi) is 11.4. The Bertz CT molecular complexity index is 6550. The number of benzene rings is 12. The summed E-state index contributed by atoms with van der Waals surface area (Å²) in [4.78, 5) is 5.10. The molecule has 0 aliphatic heterocycles. The number of hydrogen-bond acceptors (Lipinski definition) is 2. The molecular weight excluding hydrogens is 1280 g/mol. The van der Waals surface area contributed by atoms with Gasteiger partial charge in [-0.25, -0.2) is 4.98 Å². The molecule has 0 saturated heterocycles. The number of hydrogen-bond donors (Lipinski definition) is 0. The van der Waals surface area contributed by atoms with E-state index in [9.17, 15) is 0 Å². The number of fused-ring (bicyclic) bond motifs is 12. The molecule has 0 amide bonds. The second-order valence-corrected chi connectivity index (χ2v) is 24.7. The van der Waals surface area contributed by atoms with E-state index in [4.69, 9.17) is 9.40 Å². The van der Waals surface area contributed by atoms with Crippen LogP contribution in [0.1, 0.15) is 26.3 Å². The number of pyridine rings is 1. The Morgan fingerprint density at radius 3 is 1.70 bits per heavy atom. The third kappa shape index (κ3) is 7.57. The van der Waals surface area contributed by atoms with E-state index in [1.54, 1.807) is 0 Å². The minimum Gasteiger partial charge on any atom is -0.508 e. The summed E-state index contributed by atoms with van der Waals surface area (Å²) in [5.74, 6) is 0.813. The predicted molar refractivity (Wildman–Crippen MR) is 369 cm³/mol. The second kappa shape index (κ2) is 19.6. The van der Waals surface area contributed by atoms with Crippen LogP contribution in [0.2, 0.25) is 0 Å². The second-order valence-electron chi connectivity index (χ2n) is 24.7. The first-order valence-corrected chi connectivity index (χ1v) is 30.4. The Morgan fingerprint density at radius 2 is 0.956 bits per heavy atom. The molecule has 12 aromatic carbocycles. The molecule has 0 atom stereocenters. The van der Waals surface area contributed by atoms with Crippen molar-refractivity contribution in [3.8, 4) is 5.82 Å². The van der Waals surface area contributed by atoms with Gasteiger partial charge in [0.25, 0.3) is 6.33 Å². The van der Waals surface area contributed by atoms with E-state index in [1.165, 1.54) is 21.7 Å². The first-order chi connectivity index (χ1) is 43.8. The molecule has 0 unspecified atom stereocenters. The number of aromatic nitrogens is 6. The third-order valence-corrected chi connectivity index (χ3v) is 18.7. The molecule has 8 aromatic heterocycles. The van der Waals surface area contributed by atoms with Crippen LogP contribution in [-0.2, 0) is 26.5 Å². The zero-order valence-electron chi connectivity index (χ0n) is 49.2. The molecule has 20 aromatic rings. The van der Waals surface area contributed by atoms with Crippen LogP contribution < -0.4 is 4.40 Å². The van der Waals surface area contributed by atoms with Gasteiger partial charge in [-0.15, -0.1) is 24.3 Å². The van der Waals surface area contributed by atoms with Crippen molar-refractivity contribution in [2.75, 3.05) is 0 Å². The Balaban J connectivity index is 0.00000603. The van der Waals surface area contributed by atoms with Crippen molar-refractivity contribution in [1.82, 2.24) is 22.8 Å². The molecule has 20 rings (SSSR count). The summed E-state index contributed by atoms with van der Waals surface area (Å²) in [6.07, 6.45) is 5.96. The van der Waals surface area contributed by atoms with Gasteiger partial charge in [-0.05, 0) is 130 Å². The summed E-state index contributed by atoms with van der Waals surface area (Å²) in [5, 5.41) is 17.9. The predicted octanol–water partition coefficient (Wildman–Crippen LogP) is 20.5. The van der Waals surface area contributed by atoms with Crippen LogP contribution in [0.4, 0.5) is 0 Å². The van der Waals surface area contributed by atoms with Crippen molar-refractivity contribution in [1.29, 1.82) is 0 Å². The average molecular weight is 1330 g/mol. The molecule has 0 aliphatic rings. The van der Waals surface area contributed by atoms with Crippen molar-refractivity contribution in [2.24, 2.45) is 0 Å². The Labute approximate surface area is 529 Å². The summed E-state index contributed by atoms with van der Waals surface area (Å²) in [6, 6.07) is 101. The topological polar surface area (TPSA) is 48.3 Å². The maximum absolute atomic E-state index is 7.57. The number of para-hydroxylation sites is 6. The number of nitrogens with zero attached hydrogens (tertiary/aromatic N) is 6. The summed E-state index contributed by atoms with van der Waals surface area (Å²) >= 11 is 0. The van der Waals surface area contributed by atoms with Gasteiger partial charge in [0.15, 0.2) is 0 Å². The molecular formula is C82H52N6OPt-2. The van der Waals surface area contributed by atoms with Gasteiger partial charge in [0.2, 0.25) is 0 Å². The van der Waals surface area contributed by atoms with Crippen molar-refractivity contribution in [2.45, 2.75) is 26.2 Å². The van der Waals surface area contributed by atoms with E-state index < -0.39 is 0 Å². The van der Waals surface area contributed by atoms with Gasteiger partial charge < -0.3 is 22.2 Å². The molecule has 0 N–H and O–H groups in total. The molecule has 10 bridgehead atoms. The normalized spacial score (nSPS) is 12.3. The van der Waals surface area contributed by atoms with E-state index in [1.807, 2.05) is 12.3 Å². The number of imidazole rings is 1. The fourth-order valence-corrected chi connectivity index (χ4v) is 14.7. The standard InChI is InChI=1S/C82H52N6O.Pt/c1-82(2,3)52-41-42-83-78(45-52)87-71-36-12-10-29-64(71)69-47-76-77(48-75(69)87)89-55-22-15-20-53(46-55)84-49-85-79-56(30-16-32-65(79)60-25-6-4-23-58(60)59-24-5-7-26-61(59)66-34-18-38-74(84)81(66)85)50-19-14-21-54(43-50)86-70-35-11-9-28-63(70)68-44-51(39-40-73(68)86)57-31-17-33-67-62-27-8-13-37-72(62)88(76)80(57)67;/h4-45,47H,1-3H3;/q-2;. The quantitative estimate of drug-likeness (QED) is 0.121. The van der Waals surface area contributed by atoms with E-state index >= 15 is 0 Å². The molecule has 90 heavy (non-hydrogen) atoms. The van der Waals surface area contributed by atoms with Crippen LogP contribution in [0, 0.1) is 18.5 Å². The monoisotopic (exact) mass is 1330 g/mol.